The minimum atomic E-state index is -3.83. The summed E-state index contributed by atoms with van der Waals surface area (Å²) in [6.45, 7) is 2.06. The molecule has 1 amide bonds. The normalized spacial score (nSPS) is 11.1. The Morgan fingerprint density at radius 2 is 1.86 bits per heavy atom. The zero-order chi connectivity index (χ0) is 21.0. The van der Waals surface area contributed by atoms with Crippen molar-refractivity contribution >= 4 is 21.6 Å². The second-order valence-corrected chi connectivity index (χ2v) is 8.10. The molecule has 0 atom stereocenters. The highest BCUT2D eigenvalue weighted by molar-refractivity contribution is 7.92. The molecule has 3 rings (SSSR count). The molecule has 29 heavy (non-hydrogen) atoms. The number of methoxy groups -OCH3 is 1. The van der Waals surface area contributed by atoms with Crippen molar-refractivity contribution in [2.75, 3.05) is 18.9 Å². The Kier molecular flexibility index (Phi) is 5.88. The maximum atomic E-state index is 12.6. The monoisotopic (exact) mass is 415 g/mol. The van der Waals surface area contributed by atoms with Gasteiger partial charge in [-0.3, -0.25) is 9.52 Å². The first-order valence-electron chi connectivity index (χ1n) is 8.74. The third-order valence-corrected chi connectivity index (χ3v) is 5.57. The first-order chi connectivity index (χ1) is 13.8. The van der Waals surface area contributed by atoms with E-state index in [0.717, 1.165) is 0 Å². The number of nitrogens with zero attached hydrogens (tertiary/aromatic N) is 2. The fourth-order valence-electron chi connectivity index (χ4n) is 2.74. The molecule has 0 fully saturated rings. The van der Waals surface area contributed by atoms with Crippen LogP contribution in [0.4, 0.5) is 5.69 Å². The Labute approximate surface area is 169 Å². The average Bonchev–Trinajstić information content (AvgIpc) is 3.12. The number of carbonyl (C=O) groups is 1. The van der Waals surface area contributed by atoms with Gasteiger partial charge in [0.15, 0.2) is 0 Å². The van der Waals surface area contributed by atoms with Crippen molar-refractivity contribution in [3.63, 3.8) is 0 Å². The van der Waals surface area contributed by atoms with Gasteiger partial charge in [-0.25, -0.2) is 8.42 Å². The number of amides is 1. The number of nitrogens with one attached hydrogen (secondary N) is 1. The van der Waals surface area contributed by atoms with Crippen LogP contribution in [-0.2, 0) is 16.6 Å². The van der Waals surface area contributed by atoms with E-state index in [9.17, 15) is 13.2 Å². The molecule has 9 heteroatoms. The van der Waals surface area contributed by atoms with Crippen LogP contribution < -0.4 is 9.46 Å². The third-order valence-electron chi connectivity index (χ3n) is 4.19. The van der Waals surface area contributed by atoms with E-state index < -0.39 is 10.0 Å². The van der Waals surface area contributed by atoms with Crippen LogP contribution in [0.2, 0.25) is 0 Å². The Morgan fingerprint density at radius 1 is 1.17 bits per heavy atom. The van der Waals surface area contributed by atoms with Crippen molar-refractivity contribution in [1.29, 1.82) is 0 Å². The summed E-state index contributed by atoms with van der Waals surface area (Å²) in [6.07, 6.45) is 0. The Bertz CT molecular complexity index is 1110. The number of sulfonamides is 1. The molecule has 1 N–H and O–H groups in total. The van der Waals surface area contributed by atoms with Crippen molar-refractivity contribution in [3.8, 4) is 5.75 Å². The molecular weight excluding hydrogens is 394 g/mol. The van der Waals surface area contributed by atoms with E-state index in [2.05, 4.69) is 9.88 Å². The summed E-state index contributed by atoms with van der Waals surface area (Å²) in [6, 6.07) is 14.2. The summed E-state index contributed by atoms with van der Waals surface area (Å²) in [7, 11) is -0.730. The predicted octanol–water partition coefficient (Wildman–Crippen LogP) is 3.06. The average molecular weight is 415 g/mol. The smallest absolute Gasteiger partial charge is 0.262 e. The molecule has 1 aromatic heterocycles. The van der Waals surface area contributed by atoms with Crippen LogP contribution in [-0.4, -0.2) is 38.5 Å². The van der Waals surface area contributed by atoms with Gasteiger partial charge < -0.3 is 14.2 Å². The second kappa shape index (κ2) is 8.36. The van der Waals surface area contributed by atoms with Gasteiger partial charge >= 0.3 is 0 Å². The van der Waals surface area contributed by atoms with Gasteiger partial charge in [0.05, 0.1) is 24.2 Å². The van der Waals surface area contributed by atoms with Gasteiger partial charge in [0, 0.05) is 18.7 Å². The van der Waals surface area contributed by atoms with Crippen molar-refractivity contribution < 1.29 is 22.5 Å². The topological polar surface area (TPSA) is 102 Å². The van der Waals surface area contributed by atoms with Gasteiger partial charge in [-0.05, 0) is 43.3 Å². The van der Waals surface area contributed by atoms with Gasteiger partial charge in [0.25, 0.3) is 15.9 Å². The molecule has 0 saturated heterocycles. The van der Waals surface area contributed by atoms with Crippen LogP contribution >= 0.6 is 0 Å². The lowest BCUT2D eigenvalue weighted by Gasteiger charge is -2.16. The molecule has 0 spiro atoms. The number of ether oxygens (including phenoxy) is 1. The first kappa shape index (κ1) is 20.4. The summed E-state index contributed by atoms with van der Waals surface area (Å²) in [5, 5.41) is 3.87. The van der Waals surface area contributed by atoms with Crippen LogP contribution in [0.3, 0.4) is 0 Å². The lowest BCUT2D eigenvalue weighted by molar-refractivity contribution is 0.0782. The van der Waals surface area contributed by atoms with E-state index in [1.165, 1.54) is 36.3 Å². The van der Waals surface area contributed by atoms with Gasteiger partial charge in [-0.2, -0.15) is 0 Å². The highest BCUT2D eigenvalue weighted by atomic mass is 32.2. The van der Waals surface area contributed by atoms with Crippen molar-refractivity contribution in [3.05, 3.63) is 71.6 Å². The van der Waals surface area contributed by atoms with Crippen LogP contribution in [0.5, 0.6) is 5.75 Å². The summed E-state index contributed by atoms with van der Waals surface area (Å²) >= 11 is 0. The molecule has 0 aliphatic carbocycles. The molecule has 2 aromatic carbocycles. The maximum Gasteiger partial charge on any atom is 0.262 e. The third kappa shape index (κ3) is 4.75. The summed E-state index contributed by atoms with van der Waals surface area (Å²) in [5.74, 6) is 0.817. The van der Waals surface area contributed by atoms with Crippen LogP contribution in [0, 0.1) is 6.92 Å². The molecule has 0 unspecified atom stereocenters. The van der Waals surface area contributed by atoms with E-state index >= 15 is 0 Å². The van der Waals surface area contributed by atoms with Crippen molar-refractivity contribution in [1.82, 2.24) is 10.1 Å². The number of anilines is 1. The number of aromatic nitrogens is 1. The summed E-state index contributed by atoms with van der Waals surface area (Å²) < 4.78 is 38.0. The largest absolute Gasteiger partial charge is 0.495 e. The molecule has 1 heterocycles. The lowest BCUT2D eigenvalue weighted by Crippen LogP contribution is -2.26. The molecule has 0 saturated carbocycles. The number of benzene rings is 2. The summed E-state index contributed by atoms with van der Waals surface area (Å²) in [5.41, 5.74) is 1.33. The number of aryl methyl sites for hydroxylation is 1. The van der Waals surface area contributed by atoms with Crippen molar-refractivity contribution in [2.24, 2.45) is 0 Å². The van der Waals surface area contributed by atoms with Crippen LogP contribution in [0.1, 0.15) is 21.8 Å². The summed E-state index contributed by atoms with van der Waals surface area (Å²) in [4.78, 5) is 14.1. The molecule has 0 bridgehead atoms. The quantitative estimate of drug-likeness (QED) is 0.636. The van der Waals surface area contributed by atoms with Crippen LogP contribution in [0.15, 0.2) is 64.0 Å². The Morgan fingerprint density at radius 3 is 2.48 bits per heavy atom. The minimum absolute atomic E-state index is 0.0368. The molecular formula is C20H21N3O5S. The Balaban J connectivity index is 1.74. The van der Waals surface area contributed by atoms with E-state index in [4.69, 9.17) is 9.26 Å². The van der Waals surface area contributed by atoms with Gasteiger partial charge in [-0.15, -0.1) is 0 Å². The SMILES string of the molecule is COc1ccccc1NS(=O)(=O)c1ccc(C(=O)N(C)Cc2cc(C)on2)cc1. The zero-order valence-corrected chi connectivity index (χ0v) is 17.1. The van der Waals surface area contributed by atoms with E-state index in [0.29, 0.717) is 28.5 Å². The number of hydrogen-bond acceptors (Lipinski definition) is 6. The lowest BCUT2D eigenvalue weighted by atomic mass is 10.2. The molecule has 0 aliphatic heterocycles. The van der Waals surface area contributed by atoms with Crippen LogP contribution in [0.25, 0.3) is 0 Å². The number of para-hydroxylation sites is 2. The van der Waals surface area contributed by atoms with E-state index in [1.54, 1.807) is 44.3 Å². The van der Waals surface area contributed by atoms with Gasteiger partial charge in [-0.1, -0.05) is 17.3 Å². The standard InChI is InChI=1S/C20H21N3O5S/c1-14-12-16(21-28-14)13-23(2)20(24)15-8-10-17(11-9-15)29(25,26)22-18-6-4-5-7-19(18)27-3/h4-12,22H,13H2,1-3H3. The highest BCUT2D eigenvalue weighted by Gasteiger charge is 2.19. The molecule has 152 valence electrons. The molecule has 0 radical (unpaired) electrons. The van der Waals surface area contributed by atoms with Gasteiger partial charge in [0.2, 0.25) is 0 Å². The van der Waals surface area contributed by atoms with Crippen molar-refractivity contribution in [2.45, 2.75) is 18.4 Å². The molecule has 8 nitrogen and oxygen atoms in total. The maximum absolute atomic E-state index is 12.6. The van der Waals surface area contributed by atoms with E-state index in [1.807, 2.05) is 0 Å². The fourth-order valence-corrected chi connectivity index (χ4v) is 3.81. The molecule has 0 aliphatic rings. The molecule has 3 aromatic rings. The minimum Gasteiger partial charge on any atom is -0.495 e. The second-order valence-electron chi connectivity index (χ2n) is 6.42. The Hall–Kier alpha value is -3.33. The number of hydrogen-bond donors (Lipinski definition) is 1. The fraction of sp³-hybridized carbons (Fsp3) is 0.200. The number of carbonyl (C=O) groups excluding carboxylic acids is 1. The predicted molar refractivity (Wildman–Crippen MR) is 107 cm³/mol. The zero-order valence-electron chi connectivity index (χ0n) is 16.2. The van der Waals surface area contributed by atoms with E-state index in [-0.39, 0.29) is 17.3 Å². The highest BCUT2D eigenvalue weighted by Crippen LogP contribution is 2.26. The first-order valence-corrected chi connectivity index (χ1v) is 10.2. The van der Waals surface area contributed by atoms with Gasteiger partial charge in [0.1, 0.15) is 17.2 Å². The number of rotatable bonds is 7.